The molecule has 0 aliphatic carbocycles. The highest BCUT2D eigenvalue weighted by atomic mass is 16.5. The second-order valence-electron chi connectivity index (χ2n) is 5.56. The molecule has 3 aromatic rings. The van der Waals surface area contributed by atoms with Crippen LogP contribution in [0.25, 0.3) is 11.0 Å². The number of nitrogens with one attached hydrogen (secondary N) is 1. The van der Waals surface area contributed by atoms with Crippen LogP contribution in [-0.2, 0) is 6.54 Å². The largest absolute Gasteiger partial charge is 0.497 e. The van der Waals surface area contributed by atoms with Crippen LogP contribution >= 0.6 is 0 Å². The van der Waals surface area contributed by atoms with E-state index in [1.165, 1.54) is 0 Å². The lowest BCUT2D eigenvalue weighted by molar-refractivity contribution is 0.0954. The number of fused-ring (bicyclic) bond motifs is 1. The molecule has 24 heavy (non-hydrogen) atoms. The number of methoxy groups -OCH3 is 1. The van der Waals surface area contributed by atoms with Crippen LogP contribution in [0.3, 0.4) is 0 Å². The van der Waals surface area contributed by atoms with Gasteiger partial charge in [-0.2, -0.15) is 0 Å². The summed E-state index contributed by atoms with van der Waals surface area (Å²) in [5.41, 5.74) is 3.28. The normalized spacial score (nSPS) is 10.8. The standard InChI is InChI=1S/C18H20N4O2/c1-3-9-19-18(23)14-7-8-17-16(11-14)20-21-22(17)12-13-5-4-6-15(10-13)24-2/h4-8,10-11H,3,9,12H2,1-2H3,(H,19,23). The van der Waals surface area contributed by atoms with E-state index in [0.717, 1.165) is 23.3 Å². The molecule has 0 saturated heterocycles. The van der Waals surface area contributed by atoms with Crippen LogP contribution in [-0.4, -0.2) is 34.6 Å². The molecular formula is C18H20N4O2. The molecule has 0 aliphatic rings. The predicted octanol–water partition coefficient (Wildman–Crippen LogP) is 2.63. The van der Waals surface area contributed by atoms with E-state index < -0.39 is 0 Å². The van der Waals surface area contributed by atoms with Crippen molar-refractivity contribution in [3.8, 4) is 5.75 Å². The van der Waals surface area contributed by atoms with E-state index in [9.17, 15) is 4.79 Å². The number of nitrogens with zero attached hydrogens (tertiary/aromatic N) is 3. The van der Waals surface area contributed by atoms with E-state index in [1.54, 1.807) is 19.2 Å². The average Bonchev–Trinajstić information content (AvgIpc) is 3.02. The van der Waals surface area contributed by atoms with Gasteiger partial charge in [0.25, 0.3) is 5.91 Å². The first kappa shape index (κ1) is 16.0. The minimum Gasteiger partial charge on any atom is -0.497 e. The zero-order chi connectivity index (χ0) is 16.9. The Balaban J connectivity index is 1.84. The Labute approximate surface area is 140 Å². The molecule has 1 N–H and O–H groups in total. The summed E-state index contributed by atoms with van der Waals surface area (Å²) in [7, 11) is 1.65. The first-order valence-electron chi connectivity index (χ1n) is 7.95. The molecule has 0 aliphatic heterocycles. The zero-order valence-electron chi connectivity index (χ0n) is 13.8. The van der Waals surface area contributed by atoms with Crippen molar-refractivity contribution in [2.75, 3.05) is 13.7 Å². The quantitative estimate of drug-likeness (QED) is 0.757. The van der Waals surface area contributed by atoms with Gasteiger partial charge in [0.2, 0.25) is 0 Å². The maximum absolute atomic E-state index is 12.0. The molecule has 124 valence electrons. The van der Waals surface area contributed by atoms with Gasteiger partial charge in [-0.1, -0.05) is 24.3 Å². The van der Waals surface area contributed by atoms with Gasteiger partial charge in [-0.25, -0.2) is 4.68 Å². The van der Waals surface area contributed by atoms with Gasteiger partial charge < -0.3 is 10.1 Å². The topological polar surface area (TPSA) is 69.0 Å². The third kappa shape index (κ3) is 3.37. The van der Waals surface area contributed by atoms with E-state index in [0.29, 0.717) is 24.2 Å². The minimum atomic E-state index is -0.0823. The Hall–Kier alpha value is -2.89. The Morgan fingerprint density at radius 2 is 2.12 bits per heavy atom. The summed E-state index contributed by atoms with van der Waals surface area (Å²) >= 11 is 0. The number of rotatable bonds is 6. The first-order valence-corrected chi connectivity index (χ1v) is 7.95. The number of aromatic nitrogens is 3. The van der Waals surface area contributed by atoms with Gasteiger partial charge in [0.1, 0.15) is 11.3 Å². The molecule has 2 aromatic carbocycles. The minimum absolute atomic E-state index is 0.0823. The smallest absolute Gasteiger partial charge is 0.251 e. The Morgan fingerprint density at radius 3 is 2.92 bits per heavy atom. The fourth-order valence-corrected chi connectivity index (χ4v) is 2.51. The molecule has 0 fully saturated rings. The first-order chi connectivity index (χ1) is 11.7. The molecule has 0 spiro atoms. The number of carbonyl (C=O) groups excluding carboxylic acids is 1. The van der Waals surface area contributed by atoms with Crippen LogP contribution < -0.4 is 10.1 Å². The molecule has 3 rings (SSSR count). The summed E-state index contributed by atoms with van der Waals surface area (Å²) in [6.45, 7) is 3.28. The molecule has 0 bridgehead atoms. The lowest BCUT2D eigenvalue weighted by Gasteiger charge is -2.06. The highest BCUT2D eigenvalue weighted by molar-refractivity contribution is 5.97. The SMILES string of the molecule is CCCNC(=O)c1ccc2c(c1)nnn2Cc1cccc(OC)c1. The summed E-state index contributed by atoms with van der Waals surface area (Å²) < 4.78 is 7.06. The third-order valence-corrected chi connectivity index (χ3v) is 3.78. The highest BCUT2D eigenvalue weighted by Gasteiger charge is 2.10. The monoisotopic (exact) mass is 324 g/mol. The molecule has 0 radical (unpaired) electrons. The van der Waals surface area contributed by atoms with Crippen LogP contribution in [0.2, 0.25) is 0 Å². The van der Waals surface area contributed by atoms with E-state index in [-0.39, 0.29) is 5.91 Å². The van der Waals surface area contributed by atoms with E-state index in [4.69, 9.17) is 4.74 Å². The van der Waals surface area contributed by atoms with Gasteiger partial charge in [0, 0.05) is 12.1 Å². The number of carbonyl (C=O) groups is 1. The number of hydrogen-bond acceptors (Lipinski definition) is 4. The molecular weight excluding hydrogens is 304 g/mol. The van der Waals surface area contributed by atoms with Gasteiger partial charge in [-0.05, 0) is 42.3 Å². The van der Waals surface area contributed by atoms with Gasteiger partial charge in [-0.3, -0.25) is 4.79 Å². The van der Waals surface area contributed by atoms with Gasteiger partial charge in [-0.15, -0.1) is 5.10 Å². The number of amides is 1. The lowest BCUT2D eigenvalue weighted by Crippen LogP contribution is -2.23. The molecule has 1 heterocycles. The number of ether oxygens (including phenoxy) is 1. The maximum atomic E-state index is 12.0. The van der Waals surface area contributed by atoms with E-state index in [1.807, 2.05) is 41.9 Å². The van der Waals surface area contributed by atoms with Crippen molar-refractivity contribution in [1.29, 1.82) is 0 Å². The van der Waals surface area contributed by atoms with Crippen molar-refractivity contribution in [2.45, 2.75) is 19.9 Å². The Bertz CT molecular complexity index is 857. The maximum Gasteiger partial charge on any atom is 0.251 e. The van der Waals surface area contributed by atoms with Crippen LogP contribution in [0.5, 0.6) is 5.75 Å². The molecule has 6 heteroatoms. The van der Waals surface area contributed by atoms with Crippen LogP contribution in [0.15, 0.2) is 42.5 Å². The van der Waals surface area contributed by atoms with Gasteiger partial charge in [0.05, 0.1) is 19.2 Å². The molecule has 6 nitrogen and oxygen atoms in total. The summed E-state index contributed by atoms with van der Waals surface area (Å²) in [5.74, 6) is 0.730. The van der Waals surface area contributed by atoms with E-state index >= 15 is 0 Å². The summed E-state index contributed by atoms with van der Waals surface area (Å²) in [5, 5.41) is 11.3. The van der Waals surface area contributed by atoms with Gasteiger partial charge in [0.15, 0.2) is 0 Å². The molecule has 0 atom stereocenters. The molecule has 1 aromatic heterocycles. The second-order valence-corrected chi connectivity index (χ2v) is 5.56. The van der Waals surface area contributed by atoms with Crippen molar-refractivity contribution in [2.24, 2.45) is 0 Å². The summed E-state index contributed by atoms with van der Waals surface area (Å²) in [6, 6.07) is 13.3. The lowest BCUT2D eigenvalue weighted by atomic mass is 10.1. The fraction of sp³-hybridized carbons (Fsp3) is 0.278. The van der Waals surface area contributed by atoms with Crippen molar-refractivity contribution in [3.63, 3.8) is 0 Å². The van der Waals surface area contributed by atoms with Crippen molar-refractivity contribution in [1.82, 2.24) is 20.3 Å². The highest BCUT2D eigenvalue weighted by Crippen LogP contribution is 2.17. The van der Waals surface area contributed by atoms with Gasteiger partial charge >= 0.3 is 0 Å². The molecule has 1 amide bonds. The van der Waals surface area contributed by atoms with Crippen molar-refractivity contribution >= 4 is 16.9 Å². The van der Waals surface area contributed by atoms with Crippen LogP contribution in [0.1, 0.15) is 29.3 Å². The van der Waals surface area contributed by atoms with E-state index in [2.05, 4.69) is 15.6 Å². The number of benzene rings is 2. The summed E-state index contributed by atoms with van der Waals surface area (Å²) in [6.07, 6.45) is 0.907. The average molecular weight is 324 g/mol. The van der Waals surface area contributed by atoms with Crippen LogP contribution in [0.4, 0.5) is 0 Å². The summed E-state index contributed by atoms with van der Waals surface area (Å²) in [4.78, 5) is 12.0. The number of hydrogen-bond donors (Lipinski definition) is 1. The van der Waals surface area contributed by atoms with Crippen molar-refractivity contribution < 1.29 is 9.53 Å². The molecule has 0 unspecified atom stereocenters. The zero-order valence-corrected chi connectivity index (χ0v) is 13.8. The Morgan fingerprint density at radius 1 is 1.25 bits per heavy atom. The Kier molecular flexibility index (Phi) is 4.74. The predicted molar refractivity (Wildman–Crippen MR) is 92.2 cm³/mol. The molecule has 0 saturated carbocycles. The van der Waals surface area contributed by atoms with Crippen molar-refractivity contribution in [3.05, 3.63) is 53.6 Å². The van der Waals surface area contributed by atoms with Crippen LogP contribution in [0, 0.1) is 0 Å². The second kappa shape index (κ2) is 7.12. The third-order valence-electron chi connectivity index (χ3n) is 3.78. The fourth-order valence-electron chi connectivity index (χ4n) is 2.51.